The van der Waals surface area contributed by atoms with Crippen molar-refractivity contribution in [3.63, 3.8) is 0 Å². The molecule has 96 valence electrons. The fraction of sp³-hybridized carbons (Fsp3) is 0.133. The summed E-state index contributed by atoms with van der Waals surface area (Å²) in [4.78, 5) is 10.9. The molecule has 4 heteroatoms. The van der Waals surface area contributed by atoms with Crippen LogP contribution in [0.3, 0.4) is 0 Å². The van der Waals surface area contributed by atoms with Gasteiger partial charge in [0.05, 0.1) is 5.56 Å². The zero-order valence-corrected chi connectivity index (χ0v) is 10.1. The van der Waals surface area contributed by atoms with Crippen LogP contribution in [0, 0.1) is 6.92 Å². The zero-order chi connectivity index (χ0) is 13.8. The molecule has 0 amide bonds. The first-order chi connectivity index (χ1) is 8.91. The molecule has 0 atom stereocenters. The Labute approximate surface area is 108 Å². The lowest BCUT2D eigenvalue weighted by atomic mass is 10.0. The van der Waals surface area contributed by atoms with Crippen molar-refractivity contribution >= 4 is 5.97 Å². The van der Waals surface area contributed by atoms with E-state index in [0.717, 1.165) is 5.56 Å². The van der Waals surface area contributed by atoms with E-state index in [4.69, 9.17) is 5.11 Å². The van der Waals surface area contributed by atoms with Crippen molar-refractivity contribution in [1.82, 2.24) is 0 Å². The number of hydrogen-bond acceptors (Lipinski definition) is 1. The third-order valence-electron chi connectivity index (χ3n) is 3.41. The molecule has 19 heavy (non-hydrogen) atoms. The topological polar surface area (TPSA) is 37.3 Å². The normalized spacial score (nSPS) is 14.9. The van der Waals surface area contributed by atoms with E-state index in [9.17, 15) is 13.6 Å². The molecule has 0 heterocycles. The summed E-state index contributed by atoms with van der Waals surface area (Å²) in [5.74, 6) is -4.18. The maximum atomic E-state index is 14.3. The first-order valence-electron chi connectivity index (χ1n) is 5.78. The van der Waals surface area contributed by atoms with Crippen LogP contribution < -0.4 is 0 Å². The highest BCUT2D eigenvalue weighted by molar-refractivity contribution is 5.91. The second-order valence-corrected chi connectivity index (χ2v) is 4.69. The Morgan fingerprint density at radius 3 is 2.47 bits per heavy atom. The lowest BCUT2D eigenvalue weighted by molar-refractivity contribution is 0.0478. The summed E-state index contributed by atoms with van der Waals surface area (Å²) in [5, 5.41) is 8.95. The van der Waals surface area contributed by atoms with Crippen LogP contribution in [-0.4, -0.2) is 11.1 Å². The van der Waals surface area contributed by atoms with Crippen LogP contribution in [0.5, 0.6) is 0 Å². The highest BCUT2D eigenvalue weighted by Gasteiger charge is 2.44. The van der Waals surface area contributed by atoms with Gasteiger partial charge in [0.1, 0.15) is 0 Å². The van der Waals surface area contributed by atoms with Crippen LogP contribution in [0.25, 0.3) is 11.1 Å². The molecule has 0 aromatic heterocycles. The molecule has 1 aliphatic rings. The van der Waals surface area contributed by atoms with Gasteiger partial charge in [0.15, 0.2) is 0 Å². The van der Waals surface area contributed by atoms with Crippen LogP contribution in [0.15, 0.2) is 36.4 Å². The molecule has 1 N–H and O–H groups in total. The molecule has 2 nitrogen and oxygen atoms in total. The zero-order valence-electron chi connectivity index (χ0n) is 10.1. The van der Waals surface area contributed by atoms with Gasteiger partial charge < -0.3 is 5.11 Å². The van der Waals surface area contributed by atoms with Crippen LogP contribution in [0.1, 0.15) is 27.0 Å². The first-order valence-corrected chi connectivity index (χ1v) is 5.78. The Hall–Kier alpha value is -2.23. The third-order valence-corrected chi connectivity index (χ3v) is 3.41. The molecule has 0 aliphatic heterocycles. The number of carbonyl (C=O) groups is 1. The molecule has 1 aliphatic carbocycles. The van der Waals surface area contributed by atoms with E-state index in [0.29, 0.717) is 11.1 Å². The van der Waals surface area contributed by atoms with Gasteiger partial charge in [-0.05, 0) is 36.2 Å². The van der Waals surface area contributed by atoms with Crippen molar-refractivity contribution in [1.29, 1.82) is 0 Å². The van der Waals surface area contributed by atoms with Gasteiger partial charge in [-0.25, -0.2) is 4.79 Å². The molecular weight excluding hydrogens is 250 g/mol. The first kappa shape index (κ1) is 11.8. The van der Waals surface area contributed by atoms with Gasteiger partial charge in [-0.15, -0.1) is 0 Å². The fourth-order valence-corrected chi connectivity index (χ4v) is 2.47. The lowest BCUT2D eigenvalue weighted by Crippen LogP contribution is -2.11. The van der Waals surface area contributed by atoms with E-state index >= 15 is 0 Å². The summed E-state index contributed by atoms with van der Waals surface area (Å²) < 4.78 is 28.6. The van der Waals surface area contributed by atoms with E-state index in [1.807, 2.05) is 0 Å². The molecule has 0 spiro atoms. The molecule has 0 unspecified atom stereocenters. The number of carboxylic acids is 1. The Balaban J connectivity index is 2.32. The van der Waals surface area contributed by atoms with Crippen molar-refractivity contribution in [2.45, 2.75) is 12.8 Å². The maximum Gasteiger partial charge on any atom is 0.335 e. The SMILES string of the molecule is Cc1ccc2c(c1)C(F)(F)c1ccc(C(=O)O)cc1-2. The maximum absolute atomic E-state index is 14.3. The number of alkyl halides is 2. The summed E-state index contributed by atoms with van der Waals surface area (Å²) in [5.41, 5.74) is 1.31. The van der Waals surface area contributed by atoms with Gasteiger partial charge in [0.2, 0.25) is 0 Å². The number of hydrogen-bond donors (Lipinski definition) is 1. The number of aryl methyl sites for hydroxylation is 1. The molecule has 2 aromatic rings. The Morgan fingerprint density at radius 1 is 1.05 bits per heavy atom. The van der Waals surface area contributed by atoms with Gasteiger partial charge in [-0.3, -0.25) is 0 Å². The Morgan fingerprint density at radius 2 is 1.79 bits per heavy atom. The van der Waals surface area contributed by atoms with Crippen molar-refractivity contribution in [2.75, 3.05) is 0 Å². The van der Waals surface area contributed by atoms with Gasteiger partial charge in [-0.1, -0.05) is 23.8 Å². The van der Waals surface area contributed by atoms with Gasteiger partial charge in [0.25, 0.3) is 5.92 Å². The highest BCUT2D eigenvalue weighted by Crippen LogP contribution is 2.51. The average molecular weight is 260 g/mol. The summed E-state index contributed by atoms with van der Waals surface area (Å²) in [7, 11) is 0. The summed E-state index contributed by atoms with van der Waals surface area (Å²) in [6.45, 7) is 1.75. The quantitative estimate of drug-likeness (QED) is 0.846. The smallest absolute Gasteiger partial charge is 0.335 e. The molecule has 0 fully saturated rings. The largest absolute Gasteiger partial charge is 0.478 e. The van der Waals surface area contributed by atoms with Gasteiger partial charge in [0, 0.05) is 11.1 Å². The van der Waals surface area contributed by atoms with Crippen LogP contribution in [0.2, 0.25) is 0 Å². The molecule has 0 bridgehead atoms. The standard InChI is InChI=1S/C15H10F2O2/c1-8-2-4-10-11-7-9(14(18)19)3-5-12(11)15(16,17)13(10)6-8/h2-7H,1H3,(H,18,19). The van der Waals surface area contributed by atoms with Crippen molar-refractivity contribution in [3.05, 3.63) is 58.7 Å². The number of aromatic carboxylic acids is 1. The summed E-state index contributed by atoms with van der Waals surface area (Å²) >= 11 is 0. The van der Waals surface area contributed by atoms with Gasteiger partial charge in [-0.2, -0.15) is 8.78 Å². The molecule has 0 radical (unpaired) electrons. The van der Waals surface area contributed by atoms with Crippen molar-refractivity contribution < 1.29 is 18.7 Å². The van der Waals surface area contributed by atoms with E-state index in [1.165, 1.54) is 24.3 Å². The molecule has 0 saturated heterocycles. The number of rotatable bonds is 1. The summed E-state index contributed by atoms with van der Waals surface area (Å²) in [6, 6.07) is 8.55. The van der Waals surface area contributed by atoms with E-state index in [2.05, 4.69) is 0 Å². The third kappa shape index (κ3) is 1.56. The van der Waals surface area contributed by atoms with Crippen LogP contribution in [0.4, 0.5) is 8.78 Å². The van der Waals surface area contributed by atoms with Crippen LogP contribution >= 0.6 is 0 Å². The monoisotopic (exact) mass is 260 g/mol. The second kappa shape index (κ2) is 3.63. The second-order valence-electron chi connectivity index (χ2n) is 4.69. The minimum atomic E-state index is -3.06. The number of carboxylic acid groups (broad SMARTS) is 1. The number of benzene rings is 2. The summed E-state index contributed by atoms with van der Waals surface area (Å²) in [6.07, 6.45) is 0. The Bertz CT molecular complexity index is 705. The molecule has 0 saturated carbocycles. The van der Waals surface area contributed by atoms with Crippen LogP contribution in [-0.2, 0) is 5.92 Å². The highest BCUT2D eigenvalue weighted by atomic mass is 19.3. The fourth-order valence-electron chi connectivity index (χ4n) is 2.47. The average Bonchev–Trinajstić information content (AvgIpc) is 2.58. The predicted octanol–water partition coefficient (Wildman–Crippen LogP) is 3.81. The van der Waals surface area contributed by atoms with Crippen molar-refractivity contribution in [2.24, 2.45) is 0 Å². The predicted molar refractivity (Wildman–Crippen MR) is 66.6 cm³/mol. The lowest BCUT2D eigenvalue weighted by Gasteiger charge is -2.12. The number of fused-ring (bicyclic) bond motifs is 3. The molecule has 3 rings (SSSR count). The molecule has 2 aromatic carbocycles. The van der Waals surface area contributed by atoms with E-state index in [-0.39, 0.29) is 16.7 Å². The van der Waals surface area contributed by atoms with E-state index < -0.39 is 11.9 Å². The minimum absolute atomic E-state index is 0.0166. The minimum Gasteiger partial charge on any atom is -0.478 e. The Kier molecular flexibility index (Phi) is 2.26. The van der Waals surface area contributed by atoms with E-state index in [1.54, 1.807) is 19.1 Å². The number of halogens is 2. The van der Waals surface area contributed by atoms with Gasteiger partial charge >= 0.3 is 5.97 Å². The van der Waals surface area contributed by atoms with Crippen molar-refractivity contribution in [3.8, 4) is 11.1 Å². The molecular formula is C15H10F2O2.